The molecular formula is C6H10O7. The minimum atomic E-state index is -3.05. The molecular weight excluding hydrogens is 184 g/mol. The molecule has 0 aromatic rings. The van der Waals surface area contributed by atoms with E-state index in [9.17, 15) is 9.59 Å². The molecule has 13 heavy (non-hydrogen) atoms. The molecule has 76 valence electrons. The third-order valence-electron chi connectivity index (χ3n) is 1.47. The van der Waals surface area contributed by atoms with Crippen molar-refractivity contribution in [3.63, 3.8) is 0 Å². The second-order valence-corrected chi connectivity index (χ2v) is 2.39. The van der Waals surface area contributed by atoms with Crippen LogP contribution in [-0.2, 0) is 9.59 Å². The number of rotatable bonds is 5. The first-order chi connectivity index (χ1) is 5.90. The van der Waals surface area contributed by atoms with E-state index in [2.05, 4.69) is 0 Å². The molecule has 0 heterocycles. The van der Waals surface area contributed by atoms with Crippen LogP contribution in [0.2, 0.25) is 0 Å². The maximum atomic E-state index is 10.9. The van der Waals surface area contributed by atoms with Gasteiger partial charge in [-0.1, -0.05) is 0 Å². The zero-order chi connectivity index (χ0) is 10.6. The Bertz CT molecular complexity index is 213. The Hall–Kier alpha value is -1.02. The van der Waals surface area contributed by atoms with Crippen LogP contribution in [0.1, 0.15) is 0 Å². The summed E-state index contributed by atoms with van der Waals surface area (Å²) in [6, 6.07) is 0. The molecule has 0 aromatic heterocycles. The number of aliphatic hydroxyl groups is 4. The molecule has 2 unspecified atom stereocenters. The maximum absolute atomic E-state index is 10.9. The highest BCUT2D eigenvalue weighted by Crippen LogP contribution is 2.08. The summed E-state index contributed by atoms with van der Waals surface area (Å²) in [6.45, 7) is -2.38. The average Bonchev–Trinajstić information content (AvgIpc) is 2.13. The standard InChI is InChI=1S/C6H10O7/c7-1-3(9)4(10)6(13,2-8)5(11)12/h3,7-9,13H,1-2H2,(H,11,12). The van der Waals surface area contributed by atoms with E-state index in [1.807, 2.05) is 0 Å². The molecule has 0 aliphatic rings. The van der Waals surface area contributed by atoms with Crippen LogP contribution in [0, 0.1) is 0 Å². The van der Waals surface area contributed by atoms with E-state index in [0.29, 0.717) is 0 Å². The minimum Gasteiger partial charge on any atom is -0.479 e. The third kappa shape index (κ3) is 2.22. The first-order valence-corrected chi connectivity index (χ1v) is 3.30. The summed E-state index contributed by atoms with van der Waals surface area (Å²) in [4.78, 5) is 21.2. The number of aliphatic carboxylic acids is 1. The van der Waals surface area contributed by atoms with Crippen molar-refractivity contribution in [1.29, 1.82) is 0 Å². The molecule has 5 N–H and O–H groups in total. The predicted molar refractivity (Wildman–Crippen MR) is 37.8 cm³/mol. The van der Waals surface area contributed by atoms with Crippen molar-refractivity contribution < 1.29 is 35.1 Å². The average molecular weight is 194 g/mol. The van der Waals surface area contributed by atoms with Gasteiger partial charge in [-0.05, 0) is 0 Å². The highest BCUT2D eigenvalue weighted by Gasteiger charge is 2.46. The minimum absolute atomic E-state index is 1.02. The van der Waals surface area contributed by atoms with E-state index in [1.165, 1.54) is 0 Å². The van der Waals surface area contributed by atoms with Crippen molar-refractivity contribution >= 4 is 11.8 Å². The lowest BCUT2D eigenvalue weighted by Crippen LogP contribution is -2.54. The van der Waals surface area contributed by atoms with Crippen LogP contribution in [-0.4, -0.2) is 62.2 Å². The van der Waals surface area contributed by atoms with E-state index < -0.39 is 36.7 Å². The largest absolute Gasteiger partial charge is 0.479 e. The summed E-state index contributed by atoms with van der Waals surface area (Å²) < 4.78 is 0. The second-order valence-electron chi connectivity index (χ2n) is 2.39. The van der Waals surface area contributed by atoms with E-state index in [4.69, 9.17) is 25.5 Å². The van der Waals surface area contributed by atoms with Crippen molar-refractivity contribution in [2.75, 3.05) is 13.2 Å². The van der Waals surface area contributed by atoms with Gasteiger partial charge in [0, 0.05) is 0 Å². The van der Waals surface area contributed by atoms with Gasteiger partial charge in [0.15, 0.2) is 0 Å². The Kier molecular flexibility index (Phi) is 3.95. The van der Waals surface area contributed by atoms with Gasteiger partial charge in [0.2, 0.25) is 11.4 Å². The number of hydrogen-bond donors (Lipinski definition) is 5. The molecule has 0 aromatic carbocycles. The highest BCUT2D eigenvalue weighted by molar-refractivity contribution is 6.08. The van der Waals surface area contributed by atoms with Gasteiger partial charge in [-0.2, -0.15) is 0 Å². The lowest BCUT2D eigenvalue weighted by atomic mass is 9.96. The first kappa shape index (κ1) is 12.0. The summed E-state index contributed by atoms with van der Waals surface area (Å²) in [5.74, 6) is -3.53. The fourth-order valence-electron chi connectivity index (χ4n) is 0.609. The van der Waals surface area contributed by atoms with Crippen LogP contribution in [0.5, 0.6) is 0 Å². The molecule has 7 heteroatoms. The number of carboxylic acids is 1. The maximum Gasteiger partial charge on any atom is 0.346 e. The summed E-state index contributed by atoms with van der Waals surface area (Å²) in [7, 11) is 0. The van der Waals surface area contributed by atoms with Gasteiger partial charge < -0.3 is 25.5 Å². The molecule has 0 radical (unpaired) electrons. The molecule has 0 rings (SSSR count). The van der Waals surface area contributed by atoms with Gasteiger partial charge in [-0.3, -0.25) is 4.79 Å². The van der Waals surface area contributed by atoms with Gasteiger partial charge in [0.25, 0.3) is 0 Å². The van der Waals surface area contributed by atoms with E-state index in [1.54, 1.807) is 0 Å². The topological polar surface area (TPSA) is 135 Å². The number of Topliss-reactive ketones (excluding diaryl/α,β-unsaturated/α-hetero) is 1. The normalized spacial score (nSPS) is 17.5. The van der Waals surface area contributed by atoms with Gasteiger partial charge >= 0.3 is 5.97 Å². The predicted octanol–water partition coefficient (Wildman–Crippen LogP) is -3.28. The Morgan fingerprint density at radius 2 is 1.77 bits per heavy atom. The molecule has 7 nitrogen and oxygen atoms in total. The lowest BCUT2D eigenvalue weighted by molar-refractivity contribution is -0.174. The molecule has 2 atom stereocenters. The SMILES string of the molecule is O=C(O)C(O)(CO)C(=O)C(O)CO. The highest BCUT2D eigenvalue weighted by atomic mass is 16.4. The Balaban J connectivity index is 4.77. The number of carbonyl (C=O) groups excluding carboxylic acids is 1. The zero-order valence-electron chi connectivity index (χ0n) is 6.54. The summed E-state index contributed by atoms with van der Waals surface area (Å²) >= 11 is 0. The van der Waals surface area contributed by atoms with Crippen molar-refractivity contribution in [2.24, 2.45) is 0 Å². The summed E-state index contributed by atoms with van der Waals surface area (Å²) in [5.41, 5.74) is -3.05. The van der Waals surface area contributed by atoms with Crippen molar-refractivity contribution in [3.05, 3.63) is 0 Å². The Labute approximate surface area is 72.9 Å². The van der Waals surface area contributed by atoms with Crippen LogP contribution in [0.15, 0.2) is 0 Å². The lowest BCUT2D eigenvalue weighted by Gasteiger charge is -2.20. The van der Waals surface area contributed by atoms with Crippen LogP contribution >= 0.6 is 0 Å². The summed E-state index contributed by atoms with van der Waals surface area (Å²) in [6.07, 6.45) is -2.02. The van der Waals surface area contributed by atoms with Crippen molar-refractivity contribution in [1.82, 2.24) is 0 Å². The Morgan fingerprint density at radius 3 is 2.00 bits per heavy atom. The van der Waals surface area contributed by atoms with E-state index >= 15 is 0 Å². The molecule has 0 saturated carbocycles. The fourth-order valence-corrected chi connectivity index (χ4v) is 0.609. The molecule has 0 aliphatic carbocycles. The monoisotopic (exact) mass is 194 g/mol. The smallest absolute Gasteiger partial charge is 0.346 e. The van der Waals surface area contributed by atoms with Crippen LogP contribution in [0.25, 0.3) is 0 Å². The van der Waals surface area contributed by atoms with Crippen LogP contribution < -0.4 is 0 Å². The quantitative estimate of drug-likeness (QED) is 0.289. The molecule has 0 spiro atoms. The van der Waals surface area contributed by atoms with Crippen LogP contribution in [0.3, 0.4) is 0 Å². The summed E-state index contributed by atoms with van der Waals surface area (Å²) in [5, 5.41) is 42.7. The number of carboxylic acid groups (broad SMARTS) is 1. The number of aliphatic hydroxyl groups excluding tert-OH is 3. The first-order valence-electron chi connectivity index (χ1n) is 3.30. The second kappa shape index (κ2) is 4.28. The van der Waals surface area contributed by atoms with E-state index in [0.717, 1.165) is 0 Å². The molecule has 0 amide bonds. The Morgan fingerprint density at radius 1 is 1.31 bits per heavy atom. The fraction of sp³-hybridized carbons (Fsp3) is 0.667. The molecule has 0 bridgehead atoms. The van der Waals surface area contributed by atoms with Crippen molar-refractivity contribution in [3.8, 4) is 0 Å². The number of hydrogen-bond acceptors (Lipinski definition) is 6. The van der Waals surface area contributed by atoms with Gasteiger partial charge in [-0.15, -0.1) is 0 Å². The van der Waals surface area contributed by atoms with Gasteiger partial charge in [-0.25, -0.2) is 4.79 Å². The molecule has 0 saturated heterocycles. The van der Waals surface area contributed by atoms with Gasteiger partial charge in [0.1, 0.15) is 6.10 Å². The van der Waals surface area contributed by atoms with E-state index in [-0.39, 0.29) is 0 Å². The zero-order valence-corrected chi connectivity index (χ0v) is 6.54. The van der Waals surface area contributed by atoms with Crippen LogP contribution in [0.4, 0.5) is 0 Å². The number of ketones is 1. The third-order valence-corrected chi connectivity index (χ3v) is 1.47. The van der Waals surface area contributed by atoms with Gasteiger partial charge in [0.05, 0.1) is 13.2 Å². The molecule has 0 aliphatic heterocycles. The van der Waals surface area contributed by atoms with Crippen molar-refractivity contribution in [2.45, 2.75) is 11.7 Å². The number of carbonyl (C=O) groups is 2. The molecule has 0 fully saturated rings.